The minimum atomic E-state index is 0.0933. The Morgan fingerprint density at radius 3 is 2.11 bits per heavy atom. The van der Waals surface area contributed by atoms with Gasteiger partial charge in [0.15, 0.2) is 0 Å². The van der Waals surface area contributed by atoms with E-state index in [4.69, 9.17) is 0 Å². The van der Waals surface area contributed by atoms with Crippen molar-refractivity contribution in [1.29, 1.82) is 0 Å². The van der Waals surface area contributed by atoms with Gasteiger partial charge in [-0.05, 0) is 27.3 Å². The lowest BCUT2D eigenvalue weighted by molar-refractivity contribution is 0.476. The third-order valence-electron chi connectivity index (χ3n) is 1.57. The van der Waals surface area contributed by atoms with Crippen LogP contribution in [0.25, 0.3) is 0 Å². The fourth-order valence-electron chi connectivity index (χ4n) is 0.556. The van der Waals surface area contributed by atoms with Gasteiger partial charge < -0.3 is 5.32 Å². The van der Waals surface area contributed by atoms with Crippen LogP contribution in [-0.2, 0) is 0 Å². The summed E-state index contributed by atoms with van der Waals surface area (Å²) >= 11 is 4.42. The molecule has 0 saturated carbocycles. The summed E-state index contributed by atoms with van der Waals surface area (Å²) in [7, 11) is 0. The zero-order valence-electron chi connectivity index (χ0n) is 6.73. The average molecular weight is 147 g/mol. The molecule has 2 heteroatoms. The second-order valence-electron chi connectivity index (χ2n) is 2.93. The zero-order chi connectivity index (χ0) is 7.49. The Kier molecular flexibility index (Phi) is 3.59. The maximum Gasteiger partial charge on any atom is 0.0224 e. The maximum atomic E-state index is 4.42. The molecule has 0 spiro atoms. The Labute approximate surface area is 63.6 Å². The van der Waals surface area contributed by atoms with Gasteiger partial charge in [0.2, 0.25) is 0 Å². The molecular formula is C7H17NS. The number of hydrogen-bond acceptors (Lipinski definition) is 2. The molecule has 0 aromatic heterocycles. The predicted octanol–water partition coefficient (Wildman–Crippen LogP) is 1.69. The molecule has 0 fully saturated rings. The van der Waals surface area contributed by atoms with Crippen LogP contribution in [0.3, 0.4) is 0 Å². The van der Waals surface area contributed by atoms with E-state index in [2.05, 4.69) is 45.6 Å². The van der Waals surface area contributed by atoms with Gasteiger partial charge in [0.1, 0.15) is 0 Å². The molecule has 0 bridgehead atoms. The summed E-state index contributed by atoms with van der Waals surface area (Å²) in [6, 6.07) is 0.478. The van der Waals surface area contributed by atoms with E-state index < -0.39 is 0 Å². The van der Waals surface area contributed by atoms with E-state index in [1.807, 2.05) is 0 Å². The summed E-state index contributed by atoms with van der Waals surface area (Å²) in [5, 5.41) is 3.31. The Bertz CT molecular complexity index is 75.5. The van der Waals surface area contributed by atoms with E-state index in [1.165, 1.54) is 0 Å². The second kappa shape index (κ2) is 3.47. The van der Waals surface area contributed by atoms with Crippen molar-refractivity contribution in [2.24, 2.45) is 0 Å². The molecule has 0 amide bonds. The highest BCUT2D eigenvalue weighted by Gasteiger charge is 2.19. The third-order valence-corrected chi connectivity index (χ3v) is 1.96. The van der Waals surface area contributed by atoms with Gasteiger partial charge >= 0.3 is 0 Å². The van der Waals surface area contributed by atoms with E-state index >= 15 is 0 Å². The first-order chi connectivity index (χ1) is 3.98. The Balaban J connectivity index is 3.59. The van der Waals surface area contributed by atoms with Gasteiger partial charge in [-0.2, -0.15) is 12.6 Å². The van der Waals surface area contributed by atoms with Gasteiger partial charge in [0.05, 0.1) is 0 Å². The Hall–Kier alpha value is 0.310. The highest BCUT2D eigenvalue weighted by Crippen LogP contribution is 2.16. The van der Waals surface area contributed by atoms with Crippen molar-refractivity contribution < 1.29 is 0 Å². The van der Waals surface area contributed by atoms with Crippen molar-refractivity contribution in [2.75, 3.05) is 6.54 Å². The van der Waals surface area contributed by atoms with Crippen LogP contribution in [0.15, 0.2) is 0 Å². The number of nitrogens with one attached hydrogen (secondary N) is 1. The SMILES string of the molecule is CCNC(C)C(C)(C)S. The topological polar surface area (TPSA) is 12.0 Å². The summed E-state index contributed by atoms with van der Waals surface area (Å²) in [4.78, 5) is 0. The van der Waals surface area contributed by atoms with Gasteiger partial charge in [-0.3, -0.25) is 0 Å². The molecule has 0 aliphatic carbocycles. The Morgan fingerprint density at radius 1 is 1.56 bits per heavy atom. The molecule has 0 aromatic rings. The molecule has 0 rings (SSSR count). The monoisotopic (exact) mass is 147 g/mol. The van der Waals surface area contributed by atoms with Gasteiger partial charge in [-0.15, -0.1) is 0 Å². The van der Waals surface area contributed by atoms with E-state index in [-0.39, 0.29) is 4.75 Å². The quantitative estimate of drug-likeness (QED) is 0.579. The van der Waals surface area contributed by atoms with E-state index in [9.17, 15) is 0 Å². The van der Waals surface area contributed by atoms with Crippen molar-refractivity contribution in [3.63, 3.8) is 0 Å². The third kappa shape index (κ3) is 3.82. The highest BCUT2D eigenvalue weighted by atomic mass is 32.1. The minimum absolute atomic E-state index is 0.0933. The molecule has 1 N–H and O–H groups in total. The summed E-state index contributed by atoms with van der Waals surface area (Å²) < 4.78 is 0.0933. The molecular weight excluding hydrogens is 130 g/mol. The summed E-state index contributed by atoms with van der Waals surface area (Å²) in [5.41, 5.74) is 0. The summed E-state index contributed by atoms with van der Waals surface area (Å²) in [6.45, 7) is 9.50. The van der Waals surface area contributed by atoms with Crippen LogP contribution in [0.4, 0.5) is 0 Å². The lowest BCUT2D eigenvalue weighted by atomic mass is 10.1. The van der Waals surface area contributed by atoms with Crippen LogP contribution < -0.4 is 5.32 Å². The fourth-order valence-corrected chi connectivity index (χ4v) is 0.647. The van der Waals surface area contributed by atoms with Crippen LogP contribution in [-0.4, -0.2) is 17.3 Å². The molecule has 56 valence electrons. The first-order valence-corrected chi connectivity index (χ1v) is 3.89. The van der Waals surface area contributed by atoms with Crippen LogP contribution in [0.5, 0.6) is 0 Å². The number of rotatable bonds is 3. The predicted molar refractivity (Wildman–Crippen MR) is 46.2 cm³/mol. The van der Waals surface area contributed by atoms with E-state index in [1.54, 1.807) is 0 Å². The van der Waals surface area contributed by atoms with Crippen LogP contribution in [0.1, 0.15) is 27.7 Å². The minimum Gasteiger partial charge on any atom is -0.313 e. The zero-order valence-corrected chi connectivity index (χ0v) is 7.63. The van der Waals surface area contributed by atoms with Crippen molar-refractivity contribution in [3.05, 3.63) is 0 Å². The Morgan fingerprint density at radius 2 is 2.00 bits per heavy atom. The molecule has 1 atom stereocenters. The molecule has 0 aromatic carbocycles. The van der Waals surface area contributed by atoms with E-state index in [0.29, 0.717) is 6.04 Å². The molecule has 0 aliphatic heterocycles. The second-order valence-corrected chi connectivity index (χ2v) is 4.09. The highest BCUT2D eigenvalue weighted by molar-refractivity contribution is 7.81. The van der Waals surface area contributed by atoms with Crippen LogP contribution in [0, 0.1) is 0 Å². The van der Waals surface area contributed by atoms with Crippen molar-refractivity contribution in [3.8, 4) is 0 Å². The lowest BCUT2D eigenvalue weighted by Gasteiger charge is -2.26. The molecule has 1 unspecified atom stereocenters. The molecule has 0 saturated heterocycles. The van der Waals surface area contributed by atoms with Gasteiger partial charge in [-0.25, -0.2) is 0 Å². The molecule has 0 radical (unpaired) electrons. The first kappa shape index (κ1) is 9.31. The average Bonchev–Trinajstić information content (AvgIpc) is 1.64. The summed E-state index contributed by atoms with van der Waals surface area (Å²) in [6.07, 6.45) is 0. The number of thiol groups is 1. The van der Waals surface area contributed by atoms with Gasteiger partial charge in [0.25, 0.3) is 0 Å². The van der Waals surface area contributed by atoms with Gasteiger partial charge in [0, 0.05) is 10.8 Å². The lowest BCUT2D eigenvalue weighted by Crippen LogP contribution is -2.40. The molecule has 9 heavy (non-hydrogen) atoms. The smallest absolute Gasteiger partial charge is 0.0224 e. The summed E-state index contributed by atoms with van der Waals surface area (Å²) in [5.74, 6) is 0. The fraction of sp³-hybridized carbons (Fsp3) is 1.00. The molecule has 1 nitrogen and oxygen atoms in total. The van der Waals surface area contributed by atoms with Gasteiger partial charge in [-0.1, -0.05) is 6.92 Å². The maximum absolute atomic E-state index is 4.42. The van der Waals surface area contributed by atoms with Crippen LogP contribution >= 0.6 is 12.6 Å². The van der Waals surface area contributed by atoms with Crippen molar-refractivity contribution in [1.82, 2.24) is 5.32 Å². The first-order valence-electron chi connectivity index (χ1n) is 3.44. The van der Waals surface area contributed by atoms with Crippen LogP contribution in [0.2, 0.25) is 0 Å². The molecule has 0 aliphatic rings. The normalized spacial score (nSPS) is 15.7. The largest absolute Gasteiger partial charge is 0.313 e. The number of hydrogen-bond donors (Lipinski definition) is 2. The standard InChI is InChI=1S/C7H17NS/c1-5-8-6(2)7(3,4)9/h6,8-9H,5H2,1-4H3. The molecule has 0 heterocycles. The van der Waals surface area contributed by atoms with E-state index in [0.717, 1.165) is 6.54 Å². The van der Waals surface area contributed by atoms with Crippen molar-refractivity contribution in [2.45, 2.75) is 38.5 Å². The van der Waals surface area contributed by atoms with Crippen molar-refractivity contribution >= 4 is 12.6 Å².